The van der Waals surface area contributed by atoms with Crippen LogP contribution in [0.2, 0.25) is 0 Å². The summed E-state index contributed by atoms with van der Waals surface area (Å²) in [6.45, 7) is 0.973. The van der Waals surface area contributed by atoms with Crippen LogP contribution in [0.15, 0.2) is 30.9 Å². The molecule has 2 aromatic rings. The number of pyridine rings is 1. The Morgan fingerprint density at radius 3 is 2.77 bits per heavy atom. The van der Waals surface area contributed by atoms with E-state index < -0.39 is 5.82 Å². The molecule has 26 heavy (non-hydrogen) atoms. The van der Waals surface area contributed by atoms with Crippen LogP contribution in [0.1, 0.15) is 41.1 Å². The van der Waals surface area contributed by atoms with E-state index in [2.05, 4.69) is 15.4 Å². The van der Waals surface area contributed by atoms with Crippen LogP contribution in [0.25, 0.3) is 0 Å². The SMILES string of the molecule is Cn1cc(C2CC3(CCN(C(=O)c4ccncc4F)CC3)NC2=O)cn1. The summed E-state index contributed by atoms with van der Waals surface area (Å²) in [5, 5.41) is 7.29. The Hall–Kier alpha value is -2.77. The first-order valence-corrected chi connectivity index (χ1v) is 8.67. The number of hydrogen-bond acceptors (Lipinski definition) is 4. The number of nitrogens with zero attached hydrogens (tertiary/aromatic N) is 4. The van der Waals surface area contributed by atoms with Crippen LogP contribution in [0.3, 0.4) is 0 Å². The van der Waals surface area contributed by atoms with Crippen molar-refractivity contribution in [2.45, 2.75) is 30.7 Å². The zero-order chi connectivity index (χ0) is 18.3. The fourth-order valence-electron chi connectivity index (χ4n) is 3.96. The third-order valence-electron chi connectivity index (χ3n) is 5.44. The molecule has 7 nitrogen and oxygen atoms in total. The number of aromatic nitrogens is 3. The molecule has 2 aliphatic heterocycles. The van der Waals surface area contributed by atoms with E-state index in [1.54, 1.807) is 15.8 Å². The van der Waals surface area contributed by atoms with Gasteiger partial charge in [-0.25, -0.2) is 4.39 Å². The van der Waals surface area contributed by atoms with Crippen LogP contribution in [-0.4, -0.2) is 50.1 Å². The van der Waals surface area contributed by atoms with Gasteiger partial charge < -0.3 is 10.2 Å². The lowest BCUT2D eigenvalue weighted by Gasteiger charge is -2.39. The zero-order valence-electron chi connectivity index (χ0n) is 14.5. The van der Waals surface area contributed by atoms with E-state index in [0.717, 1.165) is 11.8 Å². The summed E-state index contributed by atoms with van der Waals surface area (Å²) >= 11 is 0. The molecule has 1 N–H and O–H groups in total. The highest BCUT2D eigenvalue weighted by Crippen LogP contribution is 2.39. The molecule has 2 saturated heterocycles. The van der Waals surface area contributed by atoms with Crippen LogP contribution in [0.4, 0.5) is 4.39 Å². The molecule has 136 valence electrons. The highest BCUT2D eigenvalue weighted by molar-refractivity contribution is 5.94. The smallest absolute Gasteiger partial charge is 0.256 e. The van der Waals surface area contributed by atoms with Gasteiger partial charge in [0, 0.05) is 43.6 Å². The van der Waals surface area contributed by atoms with Gasteiger partial charge in [-0.3, -0.25) is 19.3 Å². The molecule has 2 fully saturated rings. The molecule has 2 aromatic heterocycles. The standard InChI is InChI=1S/C18H20FN5O2/c1-23-11-12(9-21-23)14-8-18(22-16(14)25)3-6-24(7-4-18)17(26)13-2-5-20-10-15(13)19/h2,5,9-11,14H,3-4,6-8H2,1H3,(H,22,25). The average Bonchev–Trinajstić information content (AvgIpc) is 3.19. The first kappa shape index (κ1) is 16.7. The molecule has 0 bridgehead atoms. The number of halogens is 1. The number of hydrogen-bond donors (Lipinski definition) is 1. The van der Waals surface area contributed by atoms with Gasteiger partial charge in [0.15, 0.2) is 5.82 Å². The van der Waals surface area contributed by atoms with E-state index in [0.29, 0.717) is 32.4 Å². The second kappa shape index (κ2) is 6.19. The van der Waals surface area contributed by atoms with Gasteiger partial charge >= 0.3 is 0 Å². The Balaban J connectivity index is 1.44. The van der Waals surface area contributed by atoms with Gasteiger partial charge in [0.25, 0.3) is 5.91 Å². The maximum Gasteiger partial charge on any atom is 0.256 e. The molecule has 8 heteroatoms. The van der Waals surface area contributed by atoms with Gasteiger partial charge in [0.05, 0.1) is 23.9 Å². The summed E-state index contributed by atoms with van der Waals surface area (Å²) in [6, 6.07) is 1.40. The van der Waals surface area contributed by atoms with Crippen molar-refractivity contribution in [3.05, 3.63) is 47.8 Å². The Morgan fingerprint density at radius 1 is 1.35 bits per heavy atom. The Morgan fingerprint density at radius 2 is 2.12 bits per heavy atom. The number of nitrogens with one attached hydrogen (secondary N) is 1. The zero-order valence-corrected chi connectivity index (χ0v) is 14.5. The predicted octanol–water partition coefficient (Wildman–Crippen LogP) is 1.23. The third-order valence-corrected chi connectivity index (χ3v) is 5.44. The van der Waals surface area contributed by atoms with Crippen molar-refractivity contribution in [1.82, 2.24) is 25.0 Å². The molecule has 2 amide bonds. The minimum absolute atomic E-state index is 0.0120. The number of amides is 2. The van der Waals surface area contributed by atoms with Gasteiger partial charge in [-0.2, -0.15) is 5.10 Å². The number of piperidine rings is 1. The first-order valence-electron chi connectivity index (χ1n) is 8.67. The molecule has 0 aliphatic carbocycles. The van der Waals surface area contributed by atoms with Crippen molar-refractivity contribution in [2.75, 3.05) is 13.1 Å². The molecule has 0 radical (unpaired) electrons. The van der Waals surface area contributed by atoms with Gasteiger partial charge in [-0.05, 0) is 25.3 Å². The quantitative estimate of drug-likeness (QED) is 0.877. The molecule has 4 heterocycles. The van der Waals surface area contributed by atoms with Crippen LogP contribution >= 0.6 is 0 Å². The lowest BCUT2D eigenvalue weighted by Crippen LogP contribution is -2.52. The summed E-state index contributed by atoms with van der Waals surface area (Å²) in [6.07, 6.45) is 8.08. The fraction of sp³-hybridized carbons (Fsp3) is 0.444. The van der Waals surface area contributed by atoms with Crippen LogP contribution in [-0.2, 0) is 11.8 Å². The van der Waals surface area contributed by atoms with Gasteiger partial charge in [0.2, 0.25) is 5.91 Å². The second-order valence-corrected chi connectivity index (χ2v) is 7.12. The van der Waals surface area contributed by atoms with Gasteiger partial charge in [-0.1, -0.05) is 0 Å². The predicted molar refractivity (Wildman–Crippen MR) is 90.8 cm³/mol. The number of rotatable bonds is 2. The Kier molecular flexibility index (Phi) is 3.97. The summed E-state index contributed by atoms with van der Waals surface area (Å²) in [7, 11) is 1.83. The van der Waals surface area contributed by atoms with Crippen molar-refractivity contribution >= 4 is 11.8 Å². The van der Waals surface area contributed by atoms with Crippen molar-refractivity contribution < 1.29 is 14.0 Å². The van der Waals surface area contributed by atoms with Gasteiger partial charge in [-0.15, -0.1) is 0 Å². The molecule has 0 aromatic carbocycles. The molecule has 1 atom stereocenters. The minimum Gasteiger partial charge on any atom is -0.350 e. The average molecular weight is 357 g/mol. The largest absolute Gasteiger partial charge is 0.350 e. The summed E-state index contributed by atoms with van der Waals surface area (Å²) in [4.78, 5) is 30.3. The number of likely N-dealkylation sites (tertiary alicyclic amines) is 1. The monoisotopic (exact) mass is 357 g/mol. The highest BCUT2D eigenvalue weighted by atomic mass is 19.1. The molecule has 1 spiro atoms. The molecule has 4 rings (SSSR count). The molecular formula is C18H20FN5O2. The summed E-state index contributed by atoms with van der Waals surface area (Å²) in [5.41, 5.74) is 0.657. The highest BCUT2D eigenvalue weighted by Gasteiger charge is 2.47. The third kappa shape index (κ3) is 2.85. The fourth-order valence-corrected chi connectivity index (χ4v) is 3.96. The Labute approximate surface area is 150 Å². The lowest BCUT2D eigenvalue weighted by atomic mass is 9.82. The maximum atomic E-state index is 13.8. The van der Waals surface area contributed by atoms with E-state index in [-0.39, 0.29) is 28.8 Å². The molecular weight excluding hydrogens is 337 g/mol. The van der Waals surface area contributed by atoms with Crippen molar-refractivity contribution in [2.24, 2.45) is 7.05 Å². The molecule has 2 aliphatic rings. The maximum absolute atomic E-state index is 13.8. The number of carbonyl (C=O) groups excluding carboxylic acids is 2. The van der Waals surface area contributed by atoms with Crippen molar-refractivity contribution in [3.63, 3.8) is 0 Å². The topological polar surface area (TPSA) is 80.1 Å². The molecule has 0 saturated carbocycles. The lowest BCUT2D eigenvalue weighted by molar-refractivity contribution is -0.121. The number of carbonyl (C=O) groups is 2. The van der Waals surface area contributed by atoms with Crippen LogP contribution < -0.4 is 5.32 Å². The van der Waals surface area contributed by atoms with E-state index in [9.17, 15) is 14.0 Å². The van der Waals surface area contributed by atoms with Crippen molar-refractivity contribution in [1.29, 1.82) is 0 Å². The van der Waals surface area contributed by atoms with E-state index >= 15 is 0 Å². The second-order valence-electron chi connectivity index (χ2n) is 7.12. The van der Waals surface area contributed by atoms with Crippen molar-refractivity contribution in [3.8, 4) is 0 Å². The van der Waals surface area contributed by atoms with E-state index in [1.807, 2.05) is 13.2 Å². The minimum atomic E-state index is -0.608. The Bertz CT molecular complexity index is 857. The molecule has 1 unspecified atom stereocenters. The van der Waals surface area contributed by atoms with Gasteiger partial charge in [0.1, 0.15) is 0 Å². The number of aryl methyl sites for hydroxylation is 1. The summed E-state index contributed by atoms with van der Waals surface area (Å²) < 4.78 is 15.5. The van der Waals surface area contributed by atoms with Crippen LogP contribution in [0.5, 0.6) is 0 Å². The van der Waals surface area contributed by atoms with Crippen LogP contribution in [0, 0.1) is 5.82 Å². The summed E-state index contributed by atoms with van der Waals surface area (Å²) in [5.74, 6) is -1.13. The first-order chi connectivity index (χ1) is 12.5. The van der Waals surface area contributed by atoms with E-state index in [1.165, 1.54) is 12.3 Å². The van der Waals surface area contributed by atoms with E-state index in [4.69, 9.17) is 0 Å². The normalized spacial score (nSPS) is 21.8.